The van der Waals surface area contributed by atoms with Crippen molar-refractivity contribution in [2.24, 2.45) is 0 Å². The normalized spacial score (nSPS) is 16.9. The zero-order chi connectivity index (χ0) is 25.1. The lowest BCUT2D eigenvalue weighted by atomic mass is 9.95. The van der Waals surface area contributed by atoms with Crippen LogP contribution in [0.1, 0.15) is 22.7 Å². The molecular formula is C27H22ClNO6. The molecule has 0 aliphatic carbocycles. The van der Waals surface area contributed by atoms with Crippen molar-refractivity contribution in [1.29, 1.82) is 0 Å². The summed E-state index contributed by atoms with van der Waals surface area (Å²) in [6.07, 6.45) is 0.0775. The van der Waals surface area contributed by atoms with Crippen LogP contribution in [0, 0.1) is 0 Å². The number of Topliss-reactive ketones (excluding diaryl/α,β-unsaturated/α-hetero) is 1. The van der Waals surface area contributed by atoms with E-state index < -0.39 is 17.7 Å². The van der Waals surface area contributed by atoms with Gasteiger partial charge in [0.25, 0.3) is 11.7 Å². The fraction of sp³-hybridized carbons (Fsp3) is 0.148. The highest BCUT2D eigenvalue weighted by Gasteiger charge is 2.47. The summed E-state index contributed by atoms with van der Waals surface area (Å²) in [5.74, 6) is -1.67. The maximum absolute atomic E-state index is 13.2. The monoisotopic (exact) mass is 491 g/mol. The van der Waals surface area contributed by atoms with Gasteiger partial charge in [0, 0.05) is 16.3 Å². The van der Waals surface area contributed by atoms with Crippen LogP contribution in [-0.4, -0.2) is 37.0 Å². The SMILES string of the molecule is COC(=O)Cc1ccc(N2C(=O)C(=O)/C(=C(/O)c3ccc(Cl)cc3)C2c2ccc(OC)cc2)cc1. The Labute approximate surface area is 207 Å². The van der Waals surface area contributed by atoms with Gasteiger partial charge < -0.3 is 14.6 Å². The molecule has 1 fully saturated rings. The van der Waals surface area contributed by atoms with Crippen LogP contribution in [0.25, 0.3) is 5.76 Å². The Morgan fingerprint density at radius 1 is 0.943 bits per heavy atom. The Hall–Kier alpha value is -4.10. The third-order valence-electron chi connectivity index (χ3n) is 5.78. The topological polar surface area (TPSA) is 93.1 Å². The molecule has 1 unspecified atom stereocenters. The molecular weight excluding hydrogens is 470 g/mol. The number of halogens is 1. The van der Waals surface area contributed by atoms with Crippen molar-refractivity contribution in [3.8, 4) is 5.75 Å². The van der Waals surface area contributed by atoms with E-state index in [2.05, 4.69) is 0 Å². The number of nitrogens with zero attached hydrogens (tertiary/aromatic N) is 1. The third kappa shape index (κ3) is 4.76. The van der Waals surface area contributed by atoms with Crippen molar-refractivity contribution in [1.82, 2.24) is 0 Å². The summed E-state index contributed by atoms with van der Waals surface area (Å²) in [5.41, 5.74) is 2.07. The van der Waals surface area contributed by atoms with Crippen molar-refractivity contribution in [2.45, 2.75) is 12.5 Å². The van der Waals surface area contributed by atoms with E-state index in [4.69, 9.17) is 21.1 Å². The highest BCUT2D eigenvalue weighted by atomic mass is 35.5. The first-order valence-electron chi connectivity index (χ1n) is 10.7. The lowest BCUT2D eigenvalue weighted by Crippen LogP contribution is -2.29. The molecule has 178 valence electrons. The van der Waals surface area contributed by atoms with Gasteiger partial charge in [-0.15, -0.1) is 0 Å². The molecule has 8 heteroatoms. The predicted molar refractivity (Wildman–Crippen MR) is 131 cm³/mol. The minimum absolute atomic E-state index is 0.0406. The lowest BCUT2D eigenvalue weighted by Gasteiger charge is -2.25. The Morgan fingerprint density at radius 2 is 1.57 bits per heavy atom. The summed E-state index contributed by atoms with van der Waals surface area (Å²) < 4.78 is 9.93. The first kappa shape index (κ1) is 24.0. The molecule has 0 aromatic heterocycles. The number of ether oxygens (including phenoxy) is 2. The zero-order valence-corrected chi connectivity index (χ0v) is 19.8. The smallest absolute Gasteiger partial charge is 0.309 e. The van der Waals surface area contributed by atoms with Crippen LogP contribution in [0.3, 0.4) is 0 Å². The third-order valence-corrected chi connectivity index (χ3v) is 6.04. The fourth-order valence-corrected chi connectivity index (χ4v) is 4.10. The summed E-state index contributed by atoms with van der Waals surface area (Å²) >= 11 is 5.97. The van der Waals surface area contributed by atoms with Crippen LogP contribution < -0.4 is 9.64 Å². The molecule has 1 heterocycles. The van der Waals surface area contributed by atoms with Gasteiger partial charge in [-0.1, -0.05) is 35.9 Å². The van der Waals surface area contributed by atoms with Crippen LogP contribution in [0.5, 0.6) is 5.75 Å². The molecule has 1 aliphatic heterocycles. The van der Waals surface area contributed by atoms with Crippen LogP contribution in [0.4, 0.5) is 5.69 Å². The zero-order valence-electron chi connectivity index (χ0n) is 19.0. The summed E-state index contributed by atoms with van der Waals surface area (Å²) in [6.45, 7) is 0. The minimum atomic E-state index is -0.886. The lowest BCUT2D eigenvalue weighted by molar-refractivity contribution is -0.139. The van der Waals surface area contributed by atoms with E-state index in [0.717, 1.165) is 0 Å². The Balaban J connectivity index is 1.84. The van der Waals surface area contributed by atoms with Gasteiger partial charge in [-0.3, -0.25) is 19.3 Å². The molecule has 0 saturated carbocycles. The quantitative estimate of drug-likeness (QED) is 0.233. The van der Waals surface area contributed by atoms with E-state index in [1.807, 2.05) is 0 Å². The predicted octanol–water partition coefficient (Wildman–Crippen LogP) is 4.69. The van der Waals surface area contributed by atoms with Crippen molar-refractivity contribution in [2.75, 3.05) is 19.1 Å². The molecule has 0 bridgehead atoms. The van der Waals surface area contributed by atoms with Gasteiger partial charge in [-0.2, -0.15) is 0 Å². The van der Waals surface area contributed by atoms with Gasteiger partial charge >= 0.3 is 5.97 Å². The summed E-state index contributed by atoms with van der Waals surface area (Å²) in [5, 5.41) is 11.6. The Morgan fingerprint density at radius 3 is 2.14 bits per heavy atom. The molecule has 0 radical (unpaired) electrons. The number of benzene rings is 3. The van der Waals surface area contributed by atoms with Crippen molar-refractivity contribution >= 4 is 40.7 Å². The molecule has 1 amide bonds. The van der Waals surface area contributed by atoms with Crippen molar-refractivity contribution in [3.05, 3.63) is 100 Å². The fourth-order valence-electron chi connectivity index (χ4n) is 3.98. The Kier molecular flexibility index (Phi) is 6.89. The number of anilines is 1. The number of ketones is 1. The first-order chi connectivity index (χ1) is 16.8. The van der Waals surface area contributed by atoms with Crippen molar-refractivity contribution in [3.63, 3.8) is 0 Å². The molecule has 7 nitrogen and oxygen atoms in total. The van der Waals surface area contributed by atoms with E-state index >= 15 is 0 Å². The molecule has 3 aromatic carbocycles. The second-order valence-corrected chi connectivity index (χ2v) is 8.30. The van der Waals surface area contributed by atoms with Gasteiger partial charge in [0.05, 0.1) is 32.3 Å². The highest BCUT2D eigenvalue weighted by Crippen LogP contribution is 2.42. The number of aliphatic hydroxyl groups is 1. The number of amides is 1. The number of carbonyl (C=O) groups is 3. The molecule has 0 spiro atoms. The average Bonchev–Trinajstić information content (AvgIpc) is 3.14. The van der Waals surface area contributed by atoms with E-state index in [1.54, 1.807) is 72.8 Å². The summed E-state index contributed by atoms with van der Waals surface area (Å²) in [4.78, 5) is 39.4. The minimum Gasteiger partial charge on any atom is -0.507 e. The first-order valence-corrected chi connectivity index (χ1v) is 11.1. The van der Waals surface area contributed by atoms with Gasteiger partial charge in [-0.25, -0.2) is 0 Å². The van der Waals surface area contributed by atoms with E-state index in [0.29, 0.717) is 33.1 Å². The van der Waals surface area contributed by atoms with Gasteiger partial charge in [0.15, 0.2) is 0 Å². The van der Waals surface area contributed by atoms with Crippen LogP contribution in [0.2, 0.25) is 5.02 Å². The number of esters is 1. The largest absolute Gasteiger partial charge is 0.507 e. The molecule has 1 aliphatic rings. The number of carbonyl (C=O) groups excluding carboxylic acids is 3. The maximum atomic E-state index is 13.2. The number of aliphatic hydroxyl groups excluding tert-OH is 1. The second kappa shape index (κ2) is 10.0. The molecule has 1 saturated heterocycles. The van der Waals surface area contributed by atoms with E-state index in [1.165, 1.54) is 19.1 Å². The van der Waals surface area contributed by atoms with E-state index in [9.17, 15) is 19.5 Å². The molecule has 1 atom stereocenters. The van der Waals surface area contributed by atoms with Gasteiger partial charge in [-0.05, 0) is 59.7 Å². The van der Waals surface area contributed by atoms with Gasteiger partial charge in [0.1, 0.15) is 11.5 Å². The Bertz CT molecular complexity index is 1300. The van der Waals surface area contributed by atoms with E-state index in [-0.39, 0.29) is 23.7 Å². The second-order valence-electron chi connectivity index (χ2n) is 7.87. The number of rotatable bonds is 6. The molecule has 4 rings (SSSR count). The maximum Gasteiger partial charge on any atom is 0.309 e. The van der Waals surface area contributed by atoms with Crippen LogP contribution in [-0.2, 0) is 25.5 Å². The van der Waals surface area contributed by atoms with Crippen LogP contribution in [0.15, 0.2) is 78.4 Å². The number of hydrogen-bond donors (Lipinski definition) is 1. The molecule has 1 N–H and O–H groups in total. The standard InChI is InChI=1S/C27H22ClNO6/c1-34-21-13-7-17(8-14-21)24-23(25(31)18-5-9-19(28)10-6-18)26(32)27(33)29(24)20-11-3-16(4-12-20)15-22(30)35-2/h3-14,24,31H,15H2,1-2H3/b25-23+. The van der Waals surface area contributed by atoms with Crippen LogP contribution >= 0.6 is 11.6 Å². The number of hydrogen-bond acceptors (Lipinski definition) is 6. The highest BCUT2D eigenvalue weighted by molar-refractivity contribution is 6.51. The summed E-state index contributed by atoms with van der Waals surface area (Å²) in [7, 11) is 2.85. The molecule has 3 aromatic rings. The average molecular weight is 492 g/mol. The van der Waals surface area contributed by atoms with Gasteiger partial charge in [0.2, 0.25) is 0 Å². The number of methoxy groups -OCH3 is 2. The summed E-state index contributed by atoms with van der Waals surface area (Å²) in [6, 6.07) is 19.1. The molecule has 35 heavy (non-hydrogen) atoms. The van der Waals surface area contributed by atoms with Crippen molar-refractivity contribution < 1.29 is 29.0 Å².